The van der Waals surface area contributed by atoms with Gasteiger partial charge in [0.2, 0.25) is 82.7 Å². The number of phenolic OH excluding ortho intramolecular Hbond substituents is 1. The molecule has 2 rings (SSSR count). The predicted octanol–water partition coefficient (Wildman–Crippen LogP) is -6.37. The zero-order valence-electron chi connectivity index (χ0n) is 53.3. The number of aliphatic hydroxyl groups is 2. The Bertz CT molecular complexity index is 2790. The van der Waals surface area contributed by atoms with Crippen LogP contribution in [-0.4, -0.2) is 213 Å². The number of nitrogens with one attached hydrogen (secondary N) is 11. The van der Waals surface area contributed by atoms with E-state index in [0.717, 1.165) is 18.7 Å². The van der Waals surface area contributed by atoms with Gasteiger partial charge < -0.3 is 101 Å². The van der Waals surface area contributed by atoms with E-state index in [4.69, 9.17) is 22.3 Å². The lowest BCUT2D eigenvalue weighted by atomic mass is 9.96. The molecule has 34 nitrogen and oxygen atoms in total. The maximum Gasteiger partial charge on any atom is 0.322 e. The molecular formula is C58H93N15O19. The summed E-state index contributed by atoms with van der Waals surface area (Å²) in [6.07, 6.45) is -4.19. The van der Waals surface area contributed by atoms with Crippen LogP contribution in [0.5, 0.6) is 5.75 Å². The van der Waals surface area contributed by atoms with Gasteiger partial charge in [-0.3, -0.25) is 71.9 Å². The van der Waals surface area contributed by atoms with Crippen molar-refractivity contribution in [3.8, 4) is 5.75 Å². The highest BCUT2D eigenvalue weighted by Crippen LogP contribution is 2.20. The van der Waals surface area contributed by atoms with Gasteiger partial charge in [0.1, 0.15) is 66.7 Å². The van der Waals surface area contributed by atoms with Crippen LogP contribution in [0.15, 0.2) is 24.3 Å². The summed E-state index contributed by atoms with van der Waals surface area (Å²) < 4.78 is 0. The van der Waals surface area contributed by atoms with E-state index in [1.807, 2.05) is 6.92 Å². The molecule has 1 fully saturated rings. The van der Waals surface area contributed by atoms with E-state index >= 15 is 0 Å². The molecule has 1 aliphatic heterocycles. The Morgan fingerprint density at radius 2 is 1.01 bits per heavy atom. The van der Waals surface area contributed by atoms with Crippen molar-refractivity contribution in [2.75, 3.05) is 26.2 Å². The molecule has 92 heavy (non-hydrogen) atoms. The van der Waals surface area contributed by atoms with Crippen LogP contribution in [0.4, 0.5) is 0 Å². The number of primary amides is 2. The molecule has 0 unspecified atom stereocenters. The highest BCUT2D eigenvalue weighted by molar-refractivity contribution is 5.99. The standard InChI is InChI=1S/C58H93N15O19/c1-10-28(5)44(61)54(88)62-24-41(79)66-37(23-33-14-16-34(76)17-15-33)52(86)70-45(27(3)4)56(90)71-46(29(6)11-2)55(89)63-25-42(80)69-47(31(8)74)57(91)68-36(19-21-40(60)78)51(85)67-35(18-20-39(59)77)50(84)65-30(7)49(83)72-48(32(9)75)58(92)73-22-12-13-38(73)53(87)64-26-43(81)82/h14-17,27-32,35-38,44-48,74-76H,10-13,18-26,61H2,1-9H3,(H2,59,77)(H2,60,78)(H,62,88)(H,63,89)(H,64,87)(H,65,84)(H,66,79)(H,67,85)(H,68,91)(H,69,80)(H,70,86)(H,71,90)(H,72,83)(H,81,82)/t28-,29-,30-,31+,32+,35-,36-,37-,38-,44-,45-,46-,47-,48-/m0/s1. The zero-order valence-corrected chi connectivity index (χ0v) is 53.3. The van der Waals surface area contributed by atoms with Gasteiger partial charge in [-0.15, -0.1) is 0 Å². The van der Waals surface area contributed by atoms with E-state index in [9.17, 15) is 87.2 Å². The summed E-state index contributed by atoms with van der Waals surface area (Å²) in [6.45, 7) is 11.4. The number of rotatable bonds is 39. The normalized spacial score (nSPS) is 17.0. The van der Waals surface area contributed by atoms with Crippen molar-refractivity contribution in [3.05, 3.63) is 29.8 Å². The third kappa shape index (κ3) is 26.4. The summed E-state index contributed by atoms with van der Waals surface area (Å²) in [4.78, 5) is 198. The van der Waals surface area contributed by atoms with Gasteiger partial charge in [0.15, 0.2) is 0 Å². The summed E-state index contributed by atoms with van der Waals surface area (Å²) in [5.74, 6) is -16.0. The number of amides is 14. The Morgan fingerprint density at radius 1 is 0.533 bits per heavy atom. The Kier molecular flexibility index (Phi) is 33.2. The highest BCUT2D eigenvalue weighted by atomic mass is 16.4. The minimum absolute atomic E-state index is 0.0179. The smallest absolute Gasteiger partial charge is 0.322 e. The van der Waals surface area contributed by atoms with Crippen LogP contribution in [0.1, 0.15) is 119 Å². The molecule has 1 saturated heterocycles. The number of aliphatic hydroxyl groups excluding tert-OH is 2. The third-order valence-electron chi connectivity index (χ3n) is 15.2. The van der Waals surface area contributed by atoms with E-state index in [0.29, 0.717) is 24.8 Å². The second kappa shape index (κ2) is 38.6. The van der Waals surface area contributed by atoms with Crippen LogP contribution in [0.3, 0.4) is 0 Å². The Balaban J connectivity index is 2.26. The molecule has 1 aromatic rings. The SMILES string of the molecule is CC[C@H](C)[C@H](N)C(=O)NCC(=O)N[C@@H](Cc1ccc(O)cc1)C(=O)N[C@H](C(=O)N[C@H](C(=O)NCC(=O)N[C@H](C(=O)N[C@@H](CCC(N)=O)C(=O)N[C@@H](CCC(N)=O)C(=O)N[C@@H](C)C(=O)N[C@H](C(=O)N1CCC[C@H]1C(=O)NCC(=O)O)[C@@H](C)O)[C@@H](C)O)[C@@H](C)CC)C(C)C. The van der Waals surface area contributed by atoms with Gasteiger partial charge in [-0.25, -0.2) is 0 Å². The van der Waals surface area contributed by atoms with E-state index in [1.54, 1.807) is 34.6 Å². The topological polar surface area (TPSA) is 551 Å². The van der Waals surface area contributed by atoms with Crippen LogP contribution in [-0.2, 0) is 78.3 Å². The number of nitrogens with two attached hydrogens (primary N) is 3. The van der Waals surface area contributed by atoms with Gasteiger partial charge in [0.25, 0.3) is 0 Å². The first-order valence-corrected chi connectivity index (χ1v) is 30.3. The average Bonchev–Trinajstić information content (AvgIpc) is 1.94. The number of aromatic hydroxyl groups is 1. The number of hydrogen-bond acceptors (Lipinski definition) is 19. The average molecular weight is 1300 g/mol. The van der Waals surface area contributed by atoms with Crippen molar-refractivity contribution >= 4 is 88.7 Å². The number of carbonyl (C=O) groups excluding carboxylic acids is 14. The number of carboxylic acids is 1. The Labute approximate surface area is 532 Å². The molecule has 1 aliphatic rings. The molecule has 1 heterocycles. The zero-order chi connectivity index (χ0) is 69.9. The fraction of sp³-hybridized carbons (Fsp3) is 0.638. The monoisotopic (exact) mass is 1300 g/mol. The molecule has 0 aromatic heterocycles. The lowest BCUT2D eigenvalue weighted by molar-refractivity contribution is -0.144. The van der Waals surface area contributed by atoms with Gasteiger partial charge in [-0.2, -0.15) is 0 Å². The van der Waals surface area contributed by atoms with Crippen LogP contribution >= 0.6 is 0 Å². The van der Waals surface area contributed by atoms with Crippen LogP contribution < -0.4 is 75.7 Å². The predicted molar refractivity (Wildman–Crippen MR) is 326 cm³/mol. The highest BCUT2D eigenvalue weighted by Gasteiger charge is 2.41. The number of hydrogen-bond donors (Lipinski definition) is 18. The van der Waals surface area contributed by atoms with Crippen LogP contribution in [0, 0.1) is 17.8 Å². The van der Waals surface area contributed by atoms with E-state index in [-0.39, 0.29) is 31.1 Å². The third-order valence-corrected chi connectivity index (χ3v) is 15.2. The van der Waals surface area contributed by atoms with Gasteiger partial charge in [0.05, 0.1) is 31.3 Å². The lowest BCUT2D eigenvalue weighted by Gasteiger charge is -2.30. The molecule has 14 atom stereocenters. The summed E-state index contributed by atoms with van der Waals surface area (Å²) in [5.41, 5.74) is 17.2. The quantitative estimate of drug-likeness (QED) is 0.0291. The van der Waals surface area contributed by atoms with Gasteiger partial charge in [-0.05, 0) is 81.9 Å². The number of carboxylic acid groups (broad SMARTS) is 1. The van der Waals surface area contributed by atoms with Crippen molar-refractivity contribution in [2.24, 2.45) is 35.0 Å². The molecule has 34 heteroatoms. The van der Waals surface area contributed by atoms with Crippen molar-refractivity contribution < 1.29 is 92.3 Å². The van der Waals surface area contributed by atoms with Crippen molar-refractivity contribution in [1.82, 2.24) is 63.4 Å². The van der Waals surface area contributed by atoms with Crippen molar-refractivity contribution in [1.29, 1.82) is 0 Å². The molecule has 0 bridgehead atoms. The molecular weight excluding hydrogens is 1210 g/mol. The summed E-state index contributed by atoms with van der Waals surface area (Å²) in [6, 6.07) is -8.86. The van der Waals surface area contributed by atoms with Gasteiger partial charge in [0, 0.05) is 25.8 Å². The van der Waals surface area contributed by atoms with Crippen molar-refractivity contribution in [2.45, 2.75) is 193 Å². The number of carbonyl (C=O) groups is 15. The molecule has 0 saturated carbocycles. The van der Waals surface area contributed by atoms with E-state index in [2.05, 4.69) is 58.5 Å². The Morgan fingerprint density at radius 3 is 1.52 bits per heavy atom. The first-order chi connectivity index (χ1) is 43.0. The maximum absolute atomic E-state index is 14.1. The number of phenols is 1. The fourth-order valence-electron chi connectivity index (χ4n) is 9.21. The maximum atomic E-state index is 14.1. The molecule has 21 N–H and O–H groups in total. The fourth-order valence-corrected chi connectivity index (χ4v) is 9.21. The first kappa shape index (κ1) is 79.0. The molecule has 0 spiro atoms. The molecule has 514 valence electrons. The largest absolute Gasteiger partial charge is 0.508 e. The van der Waals surface area contributed by atoms with Gasteiger partial charge >= 0.3 is 5.97 Å². The number of nitrogens with zero attached hydrogens (tertiary/aromatic N) is 1. The minimum atomic E-state index is -1.88. The molecule has 0 radical (unpaired) electrons. The molecule has 14 amide bonds. The molecule has 0 aliphatic carbocycles. The summed E-state index contributed by atoms with van der Waals surface area (Å²) in [5, 5.41) is 66.4. The number of aliphatic carboxylic acids is 1. The van der Waals surface area contributed by atoms with E-state index < -0.39 is 218 Å². The molecule has 1 aromatic carbocycles. The summed E-state index contributed by atoms with van der Waals surface area (Å²) in [7, 11) is 0. The number of likely N-dealkylation sites (tertiary alicyclic amines) is 1. The van der Waals surface area contributed by atoms with Crippen LogP contribution in [0.2, 0.25) is 0 Å². The van der Waals surface area contributed by atoms with Crippen LogP contribution in [0.25, 0.3) is 0 Å². The van der Waals surface area contributed by atoms with Gasteiger partial charge in [-0.1, -0.05) is 66.5 Å². The minimum Gasteiger partial charge on any atom is -0.508 e. The lowest BCUT2D eigenvalue weighted by Crippen LogP contribution is -2.61. The van der Waals surface area contributed by atoms with E-state index in [1.165, 1.54) is 31.2 Å². The van der Waals surface area contributed by atoms with Crippen molar-refractivity contribution in [3.63, 3.8) is 0 Å². The second-order valence-electron chi connectivity index (χ2n) is 23.1. The Hall–Kier alpha value is -9.05. The second-order valence-corrected chi connectivity index (χ2v) is 23.1. The summed E-state index contributed by atoms with van der Waals surface area (Å²) >= 11 is 0. The first-order valence-electron chi connectivity index (χ1n) is 30.3. The number of benzene rings is 1.